The van der Waals surface area contributed by atoms with Gasteiger partial charge in [-0.05, 0) is 25.3 Å². The molecule has 0 amide bonds. The summed E-state index contributed by atoms with van der Waals surface area (Å²) in [4.78, 5) is 0. The number of methoxy groups -OCH3 is 3. The fourth-order valence-electron chi connectivity index (χ4n) is 2.84. The van der Waals surface area contributed by atoms with Crippen molar-refractivity contribution in [2.24, 2.45) is 5.92 Å². The van der Waals surface area contributed by atoms with Crippen LogP contribution in [-0.4, -0.2) is 27.9 Å². The third kappa shape index (κ3) is 2.85. The highest BCUT2D eigenvalue weighted by Crippen LogP contribution is 2.46. The van der Waals surface area contributed by atoms with Crippen LogP contribution in [0.25, 0.3) is 0 Å². The fraction of sp³-hybridized carbons (Fsp3) is 0.625. The number of hydrogen-bond donors (Lipinski definition) is 1. The number of rotatable bonds is 7. The zero-order valence-electron chi connectivity index (χ0n) is 12.9. The number of hydrogen-bond acceptors (Lipinski definition) is 4. The van der Waals surface area contributed by atoms with Gasteiger partial charge in [-0.25, -0.2) is 0 Å². The maximum absolute atomic E-state index is 5.58. The first-order valence-corrected chi connectivity index (χ1v) is 7.28. The Kier molecular flexibility index (Phi) is 5.12. The zero-order valence-corrected chi connectivity index (χ0v) is 12.9. The molecule has 0 radical (unpaired) electrons. The van der Waals surface area contributed by atoms with Crippen LogP contribution in [0.1, 0.15) is 37.8 Å². The van der Waals surface area contributed by atoms with Crippen LogP contribution in [0.15, 0.2) is 12.1 Å². The van der Waals surface area contributed by atoms with Crippen molar-refractivity contribution >= 4 is 0 Å². The van der Waals surface area contributed by atoms with Crippen molar-refractivity contribution < 1.29 is 14.2 Å². The van der Waals surface area contributed by atoms with Crippen LogP contribution in [-0.2, 0) is 0 Å². The Balaban J connectivity index is 2.44. The molecule has 0 aromatic heterocycles. The Morgan fingerprint density at radius 1 is 1.10 bits per heavy atom. The van der Waals surface area contributed by atoms with Crippen LogP contribution in [0.5, 0.6) is 17.2 Å². The van der Waals surface area contributed by atoms with Gasteiger partial charge in [0.15, 0.2) is 0 Å². The van der Waals surface area contributed by atoms with Crippen molar-refractivity contribution in [3.05, 3.63) is 17.7 Å². The van der Waals surface area contributed by atoms with Crippen LogP contribution >= 0.6 is 0 Å². The Morgan fingerprint density at radius 3 is 2.05 bits per heavy atom. The predicted octanol–water partition coefficient (Wildman–Crippen LogP) is 3.16. The van der Waals surface area contributed by atoms with Crippen molar-refractivity contribution in [2.45, 2.75) is 32.2 Å². The van der Waals surface area contributed by atoms with Crippen LogP contribution in [0.3, 0.4) is 0 Å². The summed E-state index contributed by atoms with van der Waals surface area (Å²) in [6.07, 6.45) is 3.83. The second kappa shape index (κ2) is 6.84. The summed E-state index contributed by atoms with van der Waals surface area (Å²) in [7, 11) is 5.05. The van der Waals surface area contributed by atoms with Gasteiger partial charge in [0.25, 0.3) is 0 Å². The van der Waals surface area contributed by atoms with Crippen LogP contribution in [0, 0.1) is 5.92 Å². The summed E-state index contributed by atoms with van der Waals surface area (Å²) < 4.78 is 16.5. The molecule has 1 aliphatic rings. The van der Waals surface area contributed by atoms with Crippen molar-refractivity contribution in [3.8, 4) is 17.2 Å². The van der Waals surface area contributed by atoms with Gasteiger partial charge in [-0.3, -0.25) is 0 Å². The van der Waals surface area contributed by atoms with Crippen molar-refractivity contribution in [1.82, 2.24) is 5.32 Å². The quantitative estimate of drug-likeness (QED) is 0.832. The summed E-state index contributed by atoms with van der Waals surface area (Å²) >= 11 is 0. The summed E-state index contributed by atoms with van der Waals surface area (Å²) in [5.74, 6) is 3.08. The van der Waals surface area contributed by atoms with E-state index in [-0.39, 0.29) is 6.04 Å². The van der Waals surface area contributed by atoms with Crippen molar-refractivity contribution in [2.75, 3.05) is 27.9 Å². The first kappa shape index (κ1) is 15.0. The molecule has 1 unspecified atom stereocenters. The van der Waals surface area contributed by atoms with Gasteiger partial charge in [0, 0.05) is 18.2 Å². The van der Waals surface area contributed by atoms with Gasteiger partial charge in [-0.15, -0.1) is 0 Å². The third-order valence-electron chi connectivity index (χ3n) is 4.11. The van der Waals surface area contributed by atoms with E-state index in [1.807, 2.05) is 12.1 Å². The highest BCUT2D eigenvalue weighted by atomic mass is 16.5. The molecule has 1 atom stereocenters. The van der Waals surface area contributed by atoms with E-state index in [0.717, 1.165) is 29.4 Å². The molecule has 0 heterocycles. The smallest absolute Gasteiger partial charge is 0.131 e. The van der Waals surface area contributed by atoms with Crippen molar-refractivity contribution in [1.29, 1.82) is 0 Å². The molecule has 2 rings (SSSR count). The summed E-state index contributed by atoms with van der Waals surface area (Å²) in [5.41, 5.74) is 1.11. The summed E-state index contributed by atoms with van der Waals surface area (Å²) in [6.45, 7) is 3.06. The first-order chi connectivity index (χ1) is 9.74. The molecule has 112 valence electrons. The van der Waals surface area contributed by atoms with Gasteiger partial charge in [0.2, 0.25) is 0 Å². The standard InChI is InChI=1S/C16H25NO3/c1-5-17-16(11-7-6-8-11)15-13(19-3)9-12(18-2)10-14(15)20-4/h9-11,16-17H,5-8H2,1-4H3. The maximum atomic E-state index is 5.58. The second-order valence-electron chi connectivity index (χ2n) is 5.17. The Bertz CT molecular complexity index is 418. The SMILES string of the molecule is CCNC(c1c(OC)cc(OC)cc1OC)C1CCC1. The van der Waals surface area contributed by atoms with Gasteiger partial charge in [0.1, 0.15) is 17.2 Å². The first-order valence-electron chi connectivity index (χ1n) is 7.28. The predicted molar refractivity (Wildman–Crippen MR) is 79.9 cm³/mol. The molecule has 1 fully saturated rings. The van der Waals surface area contributed by atoms with E-state index < -0.39 is 0 Å². The maximum Gasteiger partial charge on any atom is 0.131 e. The molecule has 4 nitrogen and oxygen atoms in total. The molecule has 1 saturated carbocycles. The Labute approximate surface area is 121 Å². The van der Waals surface area contributed by atoms with E-state index in [1.165, 1.54) is 19.3 Å². The van der Waals surface area contributed by atoms with E-state index in [4.69, 9.17) is 14.2 Å². The molecule has 1 N–H and O–H groups in total. The fourth-order valence-corrected chi connectivity index (χ4v) is 2.84. The molecule has 1 aliphatic carbocycles. The molecule has 0 bridgehead atoms. The molecular formula is C16H25NO3. The third-order valence-corrected chi connectivity index (χ3v) is 4.11. The molecule has 1 aromatic carbocycles. The van der Waals surface area contributed by atoms with Crippen LogP contribution in [0.2, 0.25) is 0 Å². The van der Waals surface area contributed by atoms with Gasteiger partial charge >= 0.3 is 0 Å². The lowest BCUT2D eigenvalue weighted by Crippen LogP contribution is -2.32. The average molecular weight is 279 g/mol. The highest BCUT2D eigenvalue weighted by Gasteiger charge is 2.32. The van der Waals surface area contributed by atoms with Gasteiger partial charge in [0.05, 0.1) is 26.9 Å². The van der Waals surface area contributed by atoms with Gasteiger partial charge in [-0.2, -0.15) is 0 Å². The minimum atomic E-state index is 0.282. The van der Waals surface area contributed by atoms with E-state index in [9.17, 15) is 0 Å². The van der Waals surface area contributed by atoms with E-state index in [0.29, 0.717) is 5.92 Å². The van der Waals surface area contributed by atoms with Crippen molar-refractivity contribution in [3.63, 3.8) is 0 Å². The summed E-state index contributed by atoms with van der Waals surface area (Å²) in [5, 5.41) is 3.59. The summed E-state index contributed by atoms with van der Waals surface area (Å²) in [6, 6.07) is 4.14. The lowest BCUT2D eigenvalue weighted by atomic mass is 9.76. The number of ether oxygens (including phenoxy) is 3. The average Bonchev–Trinajstić information content (AvgIpc) is 2.43. The zero-order chi connectivity index (χ0) is 14.5. The molecular weight excluding hydrogens is 254 g/mol. The van der Waals surface area contributed by atoms with E-state index in [1.54, 1.807) is 21.3 Å². The van der Waals surface area contributed by atoms with Gasteiger partial charge < -0.3 is 19.5 Å². The minimum Gasteiger partial charge on any atom is -0.496 e. The van der Waals surface area contributed by atoms with Crippen LogP contribution < -0.4 is 19.5 Å². The number of nitrogens with one attached hydrogen (secondary N) is 1. The molecule has 0 saturated heterocycles. The number of benzene rings is 1. The topological polar surface area (TPSA) is 39.7 Å². The Morgan fingerprint density at radius 2 is 1.70 bits per heavy atom. The lowest BCUT2D eigenvalue weighted by Gasteiger charge is -2.36. The van der Waals surface area contributed by atoms with E-state index in [2.05, 4.69) is 12.2 Å². The minimum absolute atomic E-state index is 0.282. The van der Waals surface area contributed by atoms with Crippen LogP contribution in [0.4, 0.5) is 0 Å². The largest absolute Gasteiger partial charge is 0.496 e. The second-order valence-corrected chi connectivity index (χ2v) is 5.17. The molecule has 1 aromatic rings. The van der Waals surface area contributed by atoms with Gasteiger partial charge in [-0.1, -0.05) is 13.3 Å². The molecule has 4 heteroatoms. The molecule has 0 spiro atoms. The highest BCUT2D eigenvalue weighted by molar-refractivity contribution is 5.52. The lowest BCUT2D eigenvalue weighted by molar-refractivity contribution is 0.223. The Hall–Kier alpha value is -1.42. The normalized spacial score (nSPS) is 16.4. The molecule has 0 aliphatic heterocycles. The molecule has 20 heavy (non-hydrogen) atoms. The monoisotopic (exact) mass is 279 g/mol. The van der Waals surface area contributed by atoms with E-state index >= 15 is 0 Å².